The van der Waals surface area contributed by atoms with Gasteiger partial charge in [-0.1, -0.05) is 6.92 Å². The molecule has 1 aliphatic heterocycles. The predicted molar refractivity (Wildman–Crippen MR) is 81.8 cm³/mol. The van der Waals surface area contributed by atoms with Crippen molar-refractivity contribution < 1.29 is 0 Å². The quantitative estimate of drug-likeness (QED) is 0.916. The van der Waals surface area contributed by atoms with Crippen LogP contribution in [0.1, 0.15) is 18.2 Å². The molecule has 1 aromatic heterocycles. The van der Waals surface area contributed by atoms with Crippen molar-refractivity contribution in [1.29, 1.82) is 0 Å². The second-order valence-electron chi connectivity index (χ2n) is 4.84. The van der Waals surface area contributed by atoms with E-state index in [9.17, 15) is 0 Å². The van der Waals surface area contributed by atoms with Gasteiger partial charge in [0, 0.05) is 44.4 Å². The Labute approximate surface area is 120 Å². The van der Waals surface area contributed by atoms with Crippen molar-refractivity contribution in [1.82, 2.24) is 4.90 Å². The lowest BCUT2D eigenvalue weighted by molar-refractivity contribution is 0.140. The largest absolute Gasteiger partial charge is 0.329 e. The maximum absolute atomic E-state index is 6.03. The molecule has 2 atom stereocenters. The highest BCUT2D eigenvalue weighted by molar-refractivity contribution is 9.10. The van der Waals surface area contributed by atoms with Gasteiger partial charge in [0.05, 0.1) is 0 Å². The van der Waals surface area contributed by atoms with E-state index >= 15 is 0 Å². The first-order chi connectivity index (χ1) is 8.05. The zero-order valence-electron chi connectivity index (χ0n) is 10.3. The highest BCUT2D eigenvalue weighted by atomic mass is 79.9. The Hall–Kier alpha value is 0.450. The topological polar surface area (TPSA) is 29.3 Å². The molecule has 17 heavy (non-hydrogen) atoms. The molecule has 2 nitrogen and oxygen atoms in total. The van der Waals surface area contributed by atoms with Crippen molar-refractivity contribution in [2.75, 3.05) is 19.3 Å². The van der Waals surface area contributed by atoms with E-state index < -0.39 is 0 Å². The van der Waals surface area contributed by atoms with E-state index in [1.807, 2.05) is 23.1 Å². The number of hydrogen-bond donors (Lipinski definition) is 1. The number of thioether (sulfide) groups is 1. The minimum absolute atomic E-state index is 0.195. The van der Waals surface area contributed by atoms with Gasteiger partial charge < -0.3 is 5.73 Å². The van der Waals surface area contributed by atoms with E-state index in [2.05, 4.69) is 46.2 Å². The fourth-order valence-electron chi connectivity index (χ4n) is 2.35. The first-order valence-corrected chi connectivity index (χ1v) is 8.54. The molecule has 1 fully saturated rings. The molecule has 0 aliphatic carbocycles. The van der Waals surface area contributed by atoms with Crippen LogP contribution in [0.4, 0.5) is 0 Å². The van der Waals surface area contributed by atoms with Gasteiger partial charge in [-0.25, -0.2) is 0 Å². The Morgan fingerprint density at radius 3 is 2.88 bits per heavy atom. The summed E-state index contributed by atoms with van der Waals surface area (Å²) in [5, 5.41) is 2.88. The van der Waals surface area contributed by atoms with Crippen LogP contribution in [-0.2, 0) is 6.54 Å². The fraction of sp³-hybridized carbons (Fsp3) is 0.667. The zero-order valence-corrected chi connectivity index (χ0v) is 13.5. The summed E-state index contributed by atoms with van der Waals surface area (Å²) in [5.74, 6) is 1.16. The number of thiophene rings is 1. The molecule has 96 valence electrons. The minimum Gasteiger partial charge on any atom is -0.329 e. The van der Waals surface area contributed by atoms with Crippen LogP contribution in [0.3, 0.4) is 0 Å². The van der Waals surface area contributed by atoms with Crippen LogP contribution in [0.15, 0.2) is 15.9 Å². The monoisotopic (exact) mass is 334 g/mol. The molecule has 1 saturated heterocycles. The lowest BCUT2D eigenvalue weighted by Crippen LogP contribution is -2.52. The Bertz CT molecular complexity index is 382. The SMILES string of the molecule is CC1CC(CN)(N(C)Cc2cc(Br)cs2)CS1. The molecular weight excluding hydrogens is 316 g/mol. The average molecular weight is 335 g/mol. The van der Waals surface area contributed by atoms with Crippen LogP contribution in [0.5, 0.6) is 0 Å². The third-order valence-electron chi connectivity index (χ3n) is 3.51. The van der Waals surface area contributed by atoms with Gasteiger partial charge in [-0.05, 0) is 35.5 Å². The van der Waals surface area contributed by atoms with Crippen molar-refractivity contribution in [3.8, 4) is 0 Å². The summed E-state index contributed by atoms with van der Waals surface area (Å²) in [6.07, 6.45) is 1.21. The highest BCUT2D eigenvalue weighted by Crippen LogP contribution is 2.38. The molecule has 0 amide bonds. The summed E-state index contributed by atoms with van der Waals surface area (Å²) < 4.78 is 1.18. The maximum atomic E-state index is 6.03. The van der Waals surface area contributed by atoms with Gasteiger partial charge in [0.2, 0.25) is 0 Å². The molecule has 2 unspecified atom stereocenters. The van der Waals surface area contributed by atoms with E-state index in [0.29, 0.717) is 0 Å². The fourth-order valence-corrected chi connectivity index (χ4v) is 5.33. The van der Waals surface area contributed by atoms with E-state index in [1.54, 1.807) is 0 Å². The molecule has 0 aromatic carbocycles. The van der Waals surface area contributed by atoms with E-state index in [4.69, 9.17) is 5.73 Å². The Morgan fingerprint density at radius 2 is 2.41 bits per heavy atom. The summed E-state index contributed by atoms with van der Waals surface area (Å²) in [6.45, 7) is 4.06. The van der Waals surface area contributed by atoms with Crippen molar-refractivity contribution in [3.63, 3.8) is 0 Å². The van der Waals surface area contributed by atoms with Crippen LogP contribution in [0, 0.1) is 0 Å². The summed E-state index contributed by atoms with van der Waals surface area (Å²) in [4.78, 5) is 3.85. The smallest absolute Gasteiger partial charge is 0.0433 e. The molecule has 5 heteroatoms. The normalized spacial score (nSPS) is 29.1. The Morgan fingerprint density at radius 1 is 1.65 bits per heavy atom. The molecule has 1 aromatic rings. The van der Waals surface area contributed by atoms with Crippen LogP contribution in [0.25, 0.3) is 0 Å². The number of hydrogen-bond acceptors (Lipinski definition) is 4. The zero-order chi connectivity index (χ0) is 12.5. The number of likely N-dealkylation sites (N-methyl/N-ethyl adjacent to an activating group) is 1. The van der Waals surface area contributed by atoms with Gasteiger partial charge >= 0.3 is 0 Å². The van der Waals surface area contributed by atoms with E-state index in [0.717, 1.165) is 24.1 Å². The molecular formula is C12H19BrN2S2. The predicted octanol–water partition coefficient (Wildman–Crippen LogP) is 3.17. The van der Waals surface area contributed by atoms with Crippen LogP contribution in [-0.4, -0.2) is 35.0 Å². The molecule has 2 N–H and O–H groups in total. The van der Waals surface area contributed by atoms with Crippen molar-refractivity contribution in [3.05, 3.63) is 20.8 Å². The van der Waals surface area contributed by atoms with Gasteiger partial charge in [0.15, 0.2) is 0 Å². The first-order valence-electron chi connectivity index (χ1n) is 5.81. The minimum atomic E-state index is 0.195. The average Bonchev–Trinajstić information content (AvgIpc) is 2.86. The third-order valence-corrected chi connectivity index (χ3v) is 6.63. The Kier molecular flexibility index (Phi) is 4.58. The van der Waals surface area contributed by atoms with E-state index in [1.165, 1.54) is 15.8 Å². The summed E-state index contributed by atoms with van der Waals surface area (Å²) in [5.41, 5.74) is 6.22. The summed E-state index contributed by atoms with van der Waals surface area (Å²) in [7, 11) is 2.21. The first kappa shape index (κ1) is 13.9. The molecule has 0 saturated carbocycles. The molecule has 0 bridgehead atoms. The van der Waals surface area contributed by atoms with Crippen molar-refractivity contribution in [2.24, 2.45) is 5.73 Å². The number of rotatable bonds is 4. The molecule has 2 rings (SSSR count). The molecule has 0 radical (unpaired) electrons. The lowest BCUT2D eigenvalue weighted by atomic mass is 9.94. The second-order valence-corrected chi connectivity index (χ2v) is 8.18. The molecule has 0 spiro atoms. The lowest BCUT2D eigenvalue weighted by Gasteiger charge is -2.37. The van der Waals surface area contributed by atoms with Crippen molar-refractivity contribution in [2.45, 2.75) is 30.7 Å². The van der Waals surface area contributed by atoms with Gasteiger partial charge in [-0.15, -0.1) is 11.3 Å². The Balaban J connectivity index is 2.05. The van der Waals surface area contributed by atoms with E-state index in [-0.39, 0.29) is 5.54 Å². The molecule has 2 heterocycles. The second kappa shape index (κ2) is 5.61. The number of nitrogens with zero attached hydrogens (tertiary/aromatic N) is 1. The maximum Gasteiger partial charge on any atom is 0.0433 e. The van der Waals surface area contributed by atoms with Gasteiger partial charge in [0.1, 0.15) is 0 Å². The molecule has 1 aliphatic rings. The summed E-state index contributed by atoms with van der Waals surface area (Å²) >= 11 is 7.36. The highest BCUT2D eigenvalue weighted by Gasteiger charge is 2.40. The number of halogens is 1. The van der Waals surface area contributed by atoms with Gasteiger partial charge in [-0.3, -0.25) is 4.90 Å². The standard InChI is InChI=1S/C12H19BrN2S2/c1-9-4-12(7-14,8-17-9)15(2)5-11-3-10(13)6-16-11/h3,6,9H,4-5,7-8,14H2,1-2H3. The van der Waals surface area contributed by atoms with Gasteiger partial charge in [-0.2, -0.15) is 11.8 Å². The third kappa shape index (κ3) is 3.07. The van der Waals surface area contributed by atoms with Gasteiger partial charge in [0.25, 0.3) is 0 Å². The van der Waals surface area contributed by atoms with Crippen molar-refractivity contribution >= 4 is 39.0 Å². The number of nitrogens with two attached hydrogens (primary N) is 1. The van der Waals surface area contributed by atoms with Crippen LogP contribution < -0.4 is 5.73 Å². The van der Waals surface area contributed by atoms with Crippen LogP contribution in [0.2, 0.25) is 0 Å². The van der Waals surface area contributed by atoms with Crippen LogP contribution >= 0.6 is 39.0 Å². The summed E-state index contributed by atoms with van der Waals surface area (Å²) in [6, 6.07) is 2.21.